The second-order valence-corrected chi connectivity index (χ2v) is 4.86. The molecule has 5 heteroatoms. The van der Waals surface area contributed by atoms with Crippen molar-refractivity contribution in [1.82, 2.24) is 4.98 Å². The minimum atomic E-state index is -0.362. The van der Waals surface area contributed by atoms with Crippen LogP contribution < -0.4 is 5.32 Å². The Morgan fingerprint density at radius 1 is 1.23 bits per heavy atom. The van der Waals surface area contributed by atoms with Gasteiger partial charge in [0.15, 0.2) is 0 Å². The van der Waals surface area contributed by atoms with Crippen LogP contribution in [0, 0.1) is 17.1 Å². The molecule has 0 atom stereocenters. The lowest BCUT2D eigenvalue weighted by molar-refractivity contribution is -0.115. The summed E-state index contributed by atoms with van der Waals surface area (Å²) in [7, 11) is 0. The van der Waals surface area contributed by atoms with E-state index in [9.17, 15) is 9.18 Å². The van der Waals surface area contributed by atoms with E-state index in [1.165, 1.54) is 6.07 Å². The summed E-state index contributed by atoms with van der Waals surface area (Å²) in [6.07, 6.45) is 1.66. The van der Waals surface area contributed by atoms with E-state index in [-0.39, 0.29) is 18.1 Å². The zero-order valence-electron chi connectivity index (χ0n) is 11.6. The van der Waals surface area contributed by atoms with Gasteiger partial charge in [0.1, 0.15) is 11.9 Å². The number of para-hydroxylation sites is 1. The van der Waals surface area contributed by atoms with Crippen molar-refractivity contribution in [3.63, 3.8) is 0 Å². The van der Waals surface area contributed by atoms with E-state index in [4.69, 9.17) is 5.26 Å². The number of carbonyl (C=O) groups excluding carboxylic acids is 1. The van der Waals surface area contributed by atoms with E-state index in [2.05, 4.69) is 10.3 Å². The molecule has 22 heavy (non-hydrogen) atoms. The monoisotopic (exact) mass is 293 g/mol. The van der Waals surface area contributed by atoms with Crippen LogP contribution in [0.5, 0.6) is 0 Å². The first-order valence-electron chi connectivity index (χ1n) is 6.72. The van der Waals surface area contributed by atoms with Crippen LogP contribution in [0.25, 0.3) is 10.9 Å². The third-order valence-corrected chi connectivity index (χ3v) is 3.41. The van der Waals surface area contributed by atoms with Crippen LogP contribution in [0.1, 0.15) is 11.1 Å². The van der Waals surface area contributed by atoms with Crippen molar-refractivity contribution in [1.29, 1.82) is 5.26 Å². The molecule has 3 aromatic rings. The van der Waals surface area contributed by atoms with Crippen LogP contribution in [0.4, 0.5) is 10.1 Å². The van der Waals surface area contributed by atoms with Crippen molar-refractivity contribution in [3.8, 4) is 6.07 Å². The van der Waals surface area contributed by atoms with Gasteiger partial charge in [-0.3, -0.25) is 4.79 Å². The first-order chi connectivity index (χ1) is 10.7. The molecule has 1 amide bonds. The quantitative estimate of drug-likeness (QED) is 0.777. The maximum atomic E-state index is 13.9. The summed E-state index contributed by atoms with van der Waals surface area (Å²) in [5.74, 6) is -0.661. The van der Waals surface area contributed by atoms with E-state index in [1.807, 2.05) is 6.07 Å². The molecule has 0 spiro atoms. The summed E-state index contributed by atoms with van der Waals surface area (Å²) >= 11 is 0. The third-order valence-electron chi connectivity index (χ3n) is 3.41. The average Bonchev–Trinajstić information content (AvgIpc) is 2.92. The smallest absolute Gasteiger partial charge is 0.228 e. The lowest BCUT2D eigenvalue weighted by atomic mass is 10.1. The number of nitrogens with zero attached hydrogens (tertiary/aromatic N) is 1. The molecular formula is C17H12FN3O. The molecule has 0 aliphatic rings. The predicted octanol–water partition coefficient (Wildman–Crippen LogP) is 3.36. The summed E-state index contributed by atoms with van der Waals surface area (Å²) in [6.45, 7) is 0. The van der Waals surface area contributed by atoms with Crippen LogP contribution >= 0.6 is 0 Å². The molecule has 0 aliphatic heterocycles. The third kappa shape index (κ3) is 2.54. The van der Waals surface area contributed by atoms with Gasteiger partial charge in [0.05, 0.1) is 17.7 Å². The Morgan fingerprint density at radius 3 is 2.86 bits per heavy atom. The molecule has 0 saturated heterocycles. The Labute approximate surface area is 126 Å². The van der Waals surface area contributed by atoms with E-state index in [1.54, 1.807) is 42.6 Å². The zero-order valence-corrected chi connectivity index (χ0v) is 11.6. The molecule has 0 aliphatic carbocycles. The first kappa shape index (κ1) is 13.8. The molecule has 0 bridgehead atoms. The van der Waals surface area contributed by atoms with Crippen LogP contribution in [-0.4, -0.2) is 10.9 Å². The molecule has 1 heterocycles. The highest BCUT2D eigenvalue weighted by Gasteiger charge is 2.13. The van der Waals surface area contributed by atoms with E-state index < -0.39 is 0 Å². The van der Waals surface area contributed by atoms with Gasteiger partial charge in [0.25, 0.3) is 0 Å². The molecular weight excluding hydrogens is 281 g/mol. The Kier molecular flexibility index (Phi) is 3.58. The number of anilines is 1. The number of hydrogen-bond acceptors (Lipinski definition) is 2. The van der Waals surface area contributed by atoms with E-state index in [0.717, 1.165) is 0 Å². The number of rotatable bonds is 3. The molecule has 0 unspecified atom stereocenters. The summed E-state index contributed by atoms with van der Waals surface area (Å²) in [5, 5.41) is 12.1. The number of halogens is 1. The van der Waals surface area contributed by atoms with Gasteiger partial charge in [0.2, 0.25) is 5.91 Å². The number of H-pyrrole nitrogens is 1. The molecule has 108 valence electrons. The summed E-state index contributed by atoms with van der Waals surface area (Å²) in [5.41, 5.74) is 2.08. The maximum Gasteiger partial charge on any atom is 0.228 e. The predicted molar refractivity (Wildman–Crippen MR) is 81.7 cm³/mol. The fourth-order valence-corrected chi connectivity index (χ4v) is 2.40. The van der Waals surface area contributed by atoms with Crippen LogP contribution in [-0.2, 0) is 11.2 Å². The van der Waals surface area contributed by atoms with Crippen molar-refractivity contribution in [2.24, 2.45) is 0 Å². The summed E-state index contributed by atoms with van der Waals surface area (Å²) in [4.78, 5) is 15.1. The number of benzene rings is 2. The highest BCUT2D eigenvalue weighted by molar-refractivity contribution is 5.96. The minimum Gasteiger partial charge on any atom is -0.361 e. The lowest BCUT2D eigenvalue weighted by Gasteiger charge is -2.06. The van der Waals surface area contributed by atoms with Crippen molar-refractivity contribution >= 4 is 22.5 Å². The fourth-order valence-electron chi connectivity index (χ4n) is 2.40. The molecule has 4 nitrogen and oxygen atoms in total. The van der Waals surface area contributed by atoms with Gasteiger partial charge in [0, 0.05) is 17.1 Å². The van der Waals surface area contributed by atoms with Crippen LogP contribution in [0.2, 0.25) is 0 Å². The first-order valence-corrected chi connectivity index (χ1v) is 6.72. The molecule has 0 fully saturated rings. The van der Waals surface area contributed by atoms with Gasteiger partial charge in [-0.2, -0.15) is 5.26 Å². The Morgan fingerprint density at radius 2 is 2.05 bits per heavy atom. The topological polar surface area (TPSA) is 68.7 Å². The van der Waals surface area contributed by atoms with Gasteiger partial charge >= 0.3 is 0 Å². The lowest BCUT2D eigenvalue weighted by Crippen LogP contribution is -2.15. The summed E-state index contributed by atoms with van der Waals surface area (Å²) < 4.78 is 13.9. The standard InChI is InChI=1S/C17H12FN3O/c18-13-5-3-7-15-17(13)12(10-20-15)8-16(22)21-14-6-2-1-4-11(14)9-19/h1-7,10,20H,8H2,(H,21,22). The number of fused-ring (bicyclic) bond motifs is 1. The molecule has 3 rings (SSSR count). The number of nitriles is 1. The maximum absolute atomic E-state index is 13.9. The van der Waals surface area contributed by atoms with Gasteiger partial charge in [-0.1, -0.05) is 18.2 Å². The zero-order chi connectivity index (χ0) is 15.5. The molecule has 0 radical (unpaired) electrons. The van der Waals surface area contributed by atoms with Gasteiger partial charge in [-0.05, 0) is 29.8 Å². The molecule has 2 aromatic carbocycles. The number of nitrogens with one attached hydrogen (secondary N) is 2. The molecule has 1 aromatic heterocycles. The normalized spacial score (nSPS) is 10.4. The Bertz CT molecular complexity index is 892. The minimum absolute atomic E-state index is 0.0285. The van der Waals surface area contributed by atoms with Crippen LogP contribution in [0.15, 0.2) is 48.7 Å². The van der Waals surface area contributed by atoms with Crippen molar-refractivity contribution < 1.29 is 9.18 Å². The average molecular weight is 293 g/mol. The van der Waals surface area contributed by atoms with Crippen LogP contribution in [0.3, 0.4) is 0 Å². The van der Waals surface area contributed by atoms with Crippen molar-refractivity contribution in [2.45, 2.75) is 6.42 Å². The largest absolute Gasteiger partial charge is 0.361 e. The van der Waals surface area contributed by atoms with E-state index >= 15 is 0 Å². The second kappa shape index (κ2) is 5.70. The number of aromatic amines is 1. The van der Waals surface area contributed by atoms with Gasteiger partial charge in [-0.25, -0.2) is 4.39 Å². The Hall–Kier alpha value is -3.13. The number of carbonyl (C=O) groups is 1. The molecule has 0 saturated carbocycles. The number of amides is 1. The van der Waals surface area contributed by atoms with Gasteiger partial charge < -0.3 is 10.3 Å². The van der Waals surface area contributed by atoms with E-state index in [0.29, 0.717) is 27.7 Å². The number of aromatic nitrogens is 1. The second-order valence-electron chi connectivity index (χ2n) is 4.86. The molecule has 2 N–H and O–H groups in total. The van der Waals surface area contributed by atoms with Crippen molar-refractivity contribution in [3.05, 3.63) is 65.6 Å². The SMILES string of the molecule is N#Cc1ccccc1NC(=O)Cc1c[nH]c2cccc(F)c12. The highest BCUT2D eigenvalue weighted by Crippen LogP contribution is 2.22. The van der Waals surface area contributed by atoms with Crippen molar-refractivity contribution in [2.75, 3.05) is 5.32 Å². The summed E-state index contributed by atoms with van der Waals surface area (Å²) in [6, 6.07) is 13.5. The van der Waals surface area contributed by atoms with Gasteiger partial charge in [-0.15, -0.1) is 0 Å². The number of hydrogen-bond donors (Lipinski definition) is 2. The fraction of sp³-hybridized carbons (Fsp3) is 0.0588. The highest BCUT2D eigenvalue weighted by atomic mass is 19.1. The Balaban J connectivity index is 1.84.